The molecular formula is C13H21N3O2. The fourth-order valence-electron chi connectivity index (χ4n) is 1.49. The van der Waals surface area contributed by atoms with Gasteiger partial charge in [-0.05, 0) is 24.5 Å². The number of hydrogen-bond acceptors (Lipinski definition) is 4. The fourth-order valence-corrected chi connectivity index (χ4v) is 1.49. The quantitative estimate of drug-likeness (QED) is 0.439. The summed E-state index contributed by atoms with van der Waals surface area (Å²) in [6, 6.07) is 1.80. The van der Waals surface area contributed by atoms with Crippen molar-refractivity contribution in [3.8, 4) is 5.88 Å². The Kier molecular flexibility index (Phi) is 5.58. The Morgan fingerprint density at radius 3 is 2.78 bits per heavy atom. The predicted octanol–water partition coefficient (Wildman–Crippen LogP) is 1.73. The van der Waals surface area contributed by atoms with Gasteiger partial charge < -0.3 is 15.2 Å². The van der Waals surface area contributed by atoms with E-state index in [1.54, 1.807) is 12.3 Å². The van der Waals surface area contributed by atoms with Crippen molar-refractivity contribution in [2.24, 2.45) is 11.7 Å². The third-order valence-electron chi connectivity index (χ3n) is 2.31. The first-order valence-corrected chi connectivity index (χ1v) is 6.03. The molecule has 0 bridgehead atoms. The Hall–Kier alpha value is -1.62. The number of nitrogens with one attached hydrogen (secondary N) is 1. The number of aryl methyl sites for hydroxylation is 1. The Labute approximate surface area is 108 Å². The molecule has 0 aromatic carbocycles. The molecule has 18 heavy (non-hydrogen) atoms. The average molecular weight is 251 g/mol. The summed E-state index contributed by atoms with van der Waals surface area (Å²) in [5, 5.41) is 7.52. The zero-order chi connectivity index (χ0) is 13.5. The van der Waals surface area contributed by atoms with Crippen LogP contribution in [-0.2, 0) is 4.74 Å². The van der Waals surface area contributed by atoms with Crippen molar-refractivity contribution in [2.75, 3.05) is 19.8 Å². The maximum atomic E-state index is 7.52. The first-order valence-electron chi connectivity index (χ1n) is 6.03. The van der Waals surface area contributed by atoms with E-state index in [1.807, 2.05) is 6.92 Å². The van der Waals surface area contributed by atoms with Crippen LogP contribution in [0.1, 0.15) is 25.0 Å². The van der Waals surface area contributed by atoms with Gasteiger partial charge in [0.05, 0.1) is 12.2 Å². The lowest BCUT2D eigenvalue weighted by atomic mass is 10.1. The molecule has 1 rings (SSSR count). The second-order valence-electron chi connectivity index (χ2n) is 4.54. The third-order valence-corrected chi connectivity index (χ3v) is 2.31. The molecule has 0 aliphatic heterocycles. The highest BCUT2D eigenvalue weighted by molar-refractivity contribution is 5.98. The summed E-state index contributed by atoms with van der Waals surface area (Å²) in [5.41, 5.74) is 6.96. The summed E-state index contributed by atoms with van der Waals surface area (Å²) in [4.78, 5) is 4.09. The number of pyridine rings is 1. The smallest absolute Gasteiger partial charge is 0.224 e. The van der Waals surface area contributed by atoms with Gasteiger partial charge in [-0.2, -0.15) is 0 Å². The molecule has 0 spiro atoms. The van der Waals surface area contributed by atoms with Crippen LogP contribution in [0.3, 0.4) is 0 Å². The SMILES string of the molecule is Cc1ccnc(OCCOCC(C)C)c1C(=N)N. The fraction of sp³-hybridized carbons (Fsp3) is 0.538. The Bertz CT molecular complexity index is 405. The van der Waals surface area contributed by atoms with Gasteiger partial charge in [-0.25, -0.2) is 4.98 Å². The molecule has 3 N–H and O–H groups in total. The van der Waals surface area contributed by atoms with E-state index < -0.39 is 0 Å². The van der Waals surface area contributed by atoms with Crippen molar-refractivity contribution in [3.05, 3.63) is 23.4 Å². The number of nitrogen functional groups attached to an aromatic ring is 1. The van der Waals surface area contributed by atoms with Gasteiger partial charge in [0.2, 0.25) is 5.88 Å². The minimum absolute atomic E-state index is 0.0290. The van der Waals surface area contributed by atoms with E-state index in [-0.39, 0.29) is 5.84 Å². The summed E-state index contributed by atoms with van der Waals surface area (Å²) in [5.74, 6) is 0.879. The molecule has 1 heterocycles. The zero-order valence-electron chi connectivity index (χ0n) is 11.2. The van der Waals surface area contributed by atoms with Crippen LogP contribution in [-0.4, -0.2) is 30.6 Å². The van der Waals surface area contributed by atoms with Crippen molar-refractivity contribution in [3.63, 3.8) is 0 Å². The molecule has 0 fully saturated rings. The third kappa shape index (κ3) is 4.33. The Morgan fingerprint density at radius 2 is 2.17 bits per heavy atom. The average Bonchev–Trinajstić information content (AvgIpc) is 2.27. The minimum Gasteiger partial charge on any atom is -0.475 e. The summed E-state index contributed by atoms with van der Waals surface area (Å²) in [7, 11) is 0. The maximum Gasteiger partial charge on any atom is 0.224 e. The number of nitrogens with zero attached hydrogens (tertiary/aromatic N) is 1. The number of hydrogen-bond donors (Lipinski definition) is 2. The summed E-state index contributed by atoms with van der Waals surface area (Å²) >= 11 is 0. The maximum absolute atomic E-state index is 7.52. The molecule has 1 aromatic heterocycles. The minimum atomic E-state index is -0.0290. The van der Waals surface area contributed by atoms with E-state index in [4.69, 9.17) is 20.6 Å². The molecule has 0 unspecified atom stereocenters. The van der Waals surface area contributed by atoms with Crippen LogP contribution in [0.4, 0.5) is 0 Å². The molecule has 5 nitrogen and oxygen atoms in total. The monoisotopic (exact) mass is 251 g/mol. The largest absolute Gasteiger partial charge is 0.475 e. The molecule has 0 amide bonds. The molecule has 0 atom stereocenters. The standard InChI is InChI=1S/C13H21N3O2/c1-9(2)8-17-6-7-18-13-11(12(14)15)10(3)4-5-16-13/h4-5,9H,6-8H2,1-3H3,(H3,14,15). The highest BCUT2D eigenvalue weighted by Crippen LogP contribution is 2.17. The van der Waals surface area contributed by atoms with E-state index in [0.29, 0.717) is 37.2 Å². The lowest BCUT2D eigenvalue weighted by molar-refractivity contribution is 0.0805. The van der Waals surface area contributed by atoms with Crippen molar-refractivity contribution < 1.29 is 9.47 Å². The Balaban J connectivity index is 2.52. The number of rotatable bonds is 7. The topological polar surface area (TPSA) is 81.2 Å². The van der Waals surface area contributed by atoms with E-state index in [0.717, 1.165) is 5.56 Å². The van der Waals surface area contributed by atoms with Crippen LogP contribution in [0, 0.1) is 18.3 Å². The molecule has 0 aliphatic rings. The molecule has 100 valence electrons. The lowest BCUT2D eigenvalue weighted by Crippen LogP contribution is -2.17. The second kappa shape index (κ2) is 6.96. The summed E-state index contributed by atoms with van der Waals surface area (Å²) in [6.45, 7) is 7.69. The van der Waals surface area contributed by atoms with Gasteiger partial charge in [0.25, 0.3) is 0 Å². The van der Waals surface area contributed by atoms with Gasteiger partial charge in [0.1, 0.15) is 12.4 Å². The molecule has 0 radical (unpaired) electrons. The van der Waals surface area contributed by atoms with Crippen molar-refractivity contribution in [1.82, 2.24) is 4.98 Å². The molecule has 0 aliphatic carbocycles. The zero-order valence-corrected chi connectivity index (χ0v) is 11.2. The Morgan fingerprint density at radius 1 is 1.44 bits per heavy atom. The van der Waals surface area contributed by atoms with Crippen molar-refractivity contribution in [2.45, 2.75) is 20.8 Å². The van der Waals surface area contributed by atoms with Crippen LogP contribution in [0.15, 0.2) is 12.3 Å². The highest BCUT2D eigenvalue weighted by Gasteiger charge is 2.11. The number of aromatic nitrogens is 1. The van der Waals surface area contributed by atoms with Gasteiger partial charge in [0, 0.05) is 12.8 Å². The molecule has 5 heteroatoms. The predicted molar refractivity (Wildman–Crippen MR) is 71.1 cm³/mol. The van der Waals surface area contributed by atoms with Crippen LogP contribution in [0.5, 0.6) is 5.88 Å². The van der Waals surface area contributed by atoms with Gasteiger partial charge in [-0.1, -0.05) is 13.8 Å². The van der Waals surface area contributed by atoms with Gasteiger partial charge >= 0.3 is 0 Å². The van der Waals surface area contributed by atoms with Gasteiger partial charge in [-0.3, -0.25) is 5.41 Å². The summed E-state index contributed by atoms with van der Waals surface area (Å²) < 4.78 is 10.9. The van der Waals surface area contributed by atoms with Gasteiger partial charge in [-0.15, -0.1) is 0 Å². The van der Waals surface area contributed by atoms with Crippen molar-refractivity contribution in [1.29, 1.82) is 5.41 Å². The highest BCUT2D eigenvalue weighted by atomic mass is 16.5. The lowest BCUT2D eigenvalue weighted by Gasteiger charge is -2.12. The molecule has 1 aromatic rings. The molecular weight excluding hydrogens is 230 g/mol. The van der Waals surface area contributed by atoms with Crippen LogP contribution < -0.4 is 10.5 Å². The van der Waals surface area contributed by atoms with E-state index in [1.165, 1.54) is 0 Å². The van der Waals surface area contributed by atoms with Crippen LogP contribution >= 0.6 is 0 Å². The van der Waals surface area contributed by atoms with Gasteiger partial charge in [0.15, 0.2) is 0 Å². The van der Waals surface area contributed by atoms with Crippen molar-refractivity contribution >= 4 is 5.84 Å². The van der Waals surface area contributed by atoms with E-state index in [9.17, 15) is 0 Å². The number of nitrogens with two attached hydrogens (primary N) is 1. The molecule has 0 saturated heterocycles. The van der Waals surface area contributed by atoms with Crippen LogP contribution in [0.2, 0.25) is 0 Å². The molecule has 0 saturated carbocycles. The normalized spacial score (nSPS) is 10.7. The van der Waals surface area contributed by atoms with E-state index >= 15 is 0 Å². The van der Waals surface area contributed by atoms with E-state index in [2.05, 4.69) is 18.8 Å². The van der Waals surface area contributed by atoms with Crippen LogP contribution in [0.25, 0.3) is 0 Å². The first kappa shape index (κ1) is 14.4. The number of ether oxygens (including phenoxy) is 2. The summed E-state index contributed by atoms with van der Waals surface area (Å²) in [6.07, 6.45) is 1.64. The number of amidine groups is 1. The second-order valence-corrected chi connectivity index (χ2v) is 4.54. The first-order chi connectivity index (χ1) is 8.52.